The van der Waals surface area contributed by atoms with Gasteiger partial charge in [-0.05, 0) is 24.3 Å². The fourth-order valence-corrected chi connectivity index (χ4v) is 3.24. The molecule has 2 aromatic carbocycles. The Bertz CT molecular complexity index is 1010. The van der Waals surface area contributed by atoms with Crippen LogP contribution in [0.5, 0.6) is 0 Å². The Morgan fingerprint density at radius 1 is 1.04 bits per heavy atom. The van der Waals surface area contributed by atoms with Gasteiger partial charge in [-0.1, -0.05) is 44.2 Å². The van der Waals surface area contributed by atoms with E-state index in [0.29, 0.717) is 11.5 Å². The molecule has 0 saturated carbocycles. The molecule has 0 atom stereocenters. The Hall–Kier alpha value is -3.00. The molecule has 1 aromatic heterocycles. The summed E-state index contributed by atoms with van der Waals surface area (Å²) < 4.78 is 26.2. The number of carbonyl (C=O) groups excluding carboxylic acids is 1. The topological polar surface area (TPSA) is 94.0 Å². The number of nitrogens with one attached hydrogen (secondary N) is 1. The molecule has 134 valence electrons. The number of hydrogen-bond donors (Lipinski definition) is 1. The van der Waals surface area contributed by atoms with Crippen LogP contribution >= 0.6 is 0 Å². The van der Waals surface area contributed by atoms with Crippen LogP contribution < -0.4 is 5.32 Å². The molecule has 0 fully saturated rings. The highest BCUT2D eigenvalue weighted by molar-refractivity contribution is 7.89. The van der Waals surface area contributed by atoms with Crippen LogP contribution in [-0.2, 0) is 14.8 Å². The van der Waals surface area contributed by atoms with Crippen molar-refractivity contribution in [2.45, 2.75) is 18.7 Å². The molecule has 0 spiro atoms. The second-order valence-corrected chi connectivity index (χ2v) is 7.78. The van der Waals surface area contributed by atoms with Gasteiger partial charge < -0.3 is 5.32 Å². The third-order valence-corrected chi connectivity index (χ3v) is 5.23. The van der Waals surface area contributed by atoms with Gasteiger partial charge >= 0.3 is 0 Å². The first-order valence-electron chi connectivity index (χ1n) is 8.01. The zero-order valence-corrected chi connectivity index (χ0v) is 15.1. The van der Waals surface area contributed by atoms with Gasteiger partial charge in [-0.25, -0.2) is 4.98 Å². The van der Waals surface area contributed by atoms with Crippen molar-refractivity contribution in [2.75, 3.05) is 5.32 Å². The number of rotatable bonds is 5. The second-order valence-electron chi connectivity index (χ2n) is 5.98. The third kappa shape index (κ3) is 3.65. The van der Waals surface area contributed by atoms with E-state index in [1.165, 1.54) is 18.5 Å². The lowest BCUT2D eigenvalue weighted by Crippen LogP contribution is -2.18. The average Bonchev–Trinajstić information content (AvgIpc) is 3.14. The normalized spacial score (nSPS) is 11.5. The molecule has 0 bridgehead atoms. The van der Waals surface area contributed by atoms with Crippen molar-refractivity contribution in [3.8, 4) is 11.4 Å². The molecule has 0 radical (unpaired) electrons. The van der Waals surface area contributed by atoms with Gasteiger partial charge in [-0.2, -0.15) is 8.42 Å². The summed E-state index contributed by atoms with van der Waals surface area (Å²) in [6, 6.07) is 15.1. The van der Waals surface area contributed by atoms with Gasteiger partial charge in [0.15, 0.2) is 5.82 Å². The van der Waals surface area contributed by atoms with Crippen LogP contribution in [0.25, 0.3) is 11.4 Å². The number of hydrogen-bond acceptors (Lipinski definition) is 5. The molecule has 26 heavy (non-hydrogen) atoms. The zero-order valence-electron chi connectivity index (χ0n) is 14.3. The second kappa shape index (κ2) is 7.09. The summed E-state index contributed by atoms with van der Waals surface area (Å²) in [5.41, 5.74) is 1.26. The van der Waals surface area contributed by atoms with Gasteiger partial charge in [0.25, 0.3) is 10.0 Å². The van der Waals surface area contributed by atoms with Crippen molar-refractivity contribution >= 4 is 21.6 Å². The number of aromatic nitrogens is 3. The molecule has 8 heteroatoms. The molecule has 3 rings (SSSR count). The Labute approximate surface area is 151 Å². The lowest BCUT2D eigenvalue weighted by molar-refractivity contribution is -0.118. The molecule has 7 nitrogen and oxygen atoms in total. The van der Waals surface area contributed by atoms with E-state index < -0.39 is 10.0 Å². The highest BCUT2D eigenvalue weighted by Gasteiger charge is 2.19. The maximum absolute atomic E-state index is 12.7. The van der Waals surface area contributed by atoms with Crippen LogP contribution in [0.4, 0.5) is 5.69 Å². The molecule has 0 aliphatic heterocycles. The average molecular weight is 370 g/mol. The molecule has 0 aliphatic rings. The van der Waals surface area contributed by atoms with Crippen molar-refractivity contribution < 1.29 is 13.2 Å². The molecule has 0 aliphatic carbocycles. The minimum Gasteiger partial charge on any atom is -0.326 e. The monoisotopic (exact) mass is 370 g/mol. The number of anilines is 1. The minimum atomic E-state index is -3.86. The van der Waals surface area contributed by atoms with E-state index in [-0.39, 0.29) is 16.7 Å². The van der Waals surface area contributed by atoms with Gasteiger partial charge in [-0.3, -0.25) is 4.79 Å². The molecule has 1 N–H and O–H groups in total. The maximum atomic E-state index is 12.7. The lowest BCUT2D eigenvalue weighted by atomic mass is 10.2. The van der Waals surface area contributed by atoms with Crippen LogP contribution in [0.15, 0.2) is 65.8 Å². The fraction of sp³-hybridized carbons (Fsp3) is 0.167. The Kier molecular flexibility index (Phi) is 4.85. The van der Waals surface area contributed by atoms with Crippen LogP contribution in [0.3, 0.4) is 0 Å². The van der Waals surface area contributed by atoms with Gasteiger partial charge in [0.2, 0.25) is 5.91 Å². The van der Waals surface area contributed by atoms with Gasteiger partial charge in [0.05, 0.1) is 4.90 Å². The van der Waals surface area contributed by atoms with E-state index >= 15 is 0 Å². The van der Waals surface area contributed by atoms with Crippen molar-refractivity contribution in [2.24, 2.45) is 5.92 Å². The molecule has 3 aromatic rings. The predicted molar refractivity (Wildman–Crippen MR) is 98.0 cm³/mol. The quantitative estimate of drug-likeness (QED) is 0.745. The lowest BCUT2D eigenvalue weighted by Gasteiger charge is -2.08. The van der Waals surface area contributed by atoms with Gasteiger partial charge in [0, 0.05) is 17.2 Å². The summed E-state index contributed by atoms with van der Waals surface area (Å²) in [4.78, 5) is 15.8. The summed E-state index contributed by atoms with van der Waals surface area (Å²) in [6.07, 6.45) is 1.17. The van der Waals surface area contributed by atoms with Crippen LogP contribution in [-0.4, -0.2) is 28.5 Å². The van der Waals surface area contributed by atoms with Gasteiger partial charge in [0.1, 0.15) is 6.33 Å². The highest BCUT2D eigenvalue weighted by atomic mass is 32.2. The van der Waals surface area contributed by atoms with E-state index in [1.807, 2.05) is 18.2 Å². The molecule has 1 heterocycles. The summed E-state index contributed by atoms with van der Waals surface area (Å²) in [7, 11) is -3.86. The maximum Gasteiger partial charge on any atom is 0.284 e. The predicted octanol–water partition coefficient (Wildman–Crippen LogP) is 2.78. The number of benzene rings is 2. The number of amides is 1. The first-order valence-corrected chi connectivity index (χ1v) is 9.45. The number of nitrogens with zero attached hydrogens (tertiary/aromatic N) is 3. The van der Waals surface area contributed by atoms with Crippen molar-refractivity contribution in [3.63, 3.8) is 0 Å². The van der Waals surface area contributed by atoms with Crippen molar-refractivity contribution in [3.05, 3.63) is 60.9 Å². The third-order valence-electron chi connectivity index (χ3n) is 3.69. The van der Waals surface area contributed by atoms with Crippen molar-refractivity contribution in [1.82, 2.24) is 14.2 Å². The summed E-state index contributed by atoms with van der Waals surface area (Å²) in [6.45, 7) is 3.56. The largest absolute Gasteiger partial charge is 0.326 e. The zero-order chi connectivity index (χ0) is 18.7. The molecular formula is C18H18N4O3S. The van der Waals surface area contributed by atoms with E-state index in [2.05, 4.69) is 15.4 Å². The van der Waals surface area contributed by atoms with Crippen LogP contribution in [0, 0.1) is 5.92 Å². The fourth-order valence-electron chi connectivity index (χ4n) is 2.19. The molecule has 0 saturated heterocycles. The molecular weight excluding hydrogens is 352 g/mol. The summed E-state index contributed by atoms with van der Waals surface area (Å²) >= 11 is 0. The highest BCUT2D eigenvalue weighted by Crippen LogP contribution is 2.19. The van der Waals surface area contributed by atoms with Crippen LogP contribution in [0.2, 0.25) is 0 Å². The van der Waals surface area contributed by atoms with E-state index in [0.717, 1.165) is 9.65 Å². The summed E-state index contributed by atoms with van der Waals surface area (Å²) in [5.74, 6) is 0.0318. The minimum absolute atomic E-state index is 0.0598. The van der Waals surface area contributed by atoms with E-state index in [4.69, 9.17) is 0 Å². The smallest absolute Gasteiger partial charge is 0.284 e. The standard InChI is InChI=1S/C18H18N4O3S/c1-13(2)18(23)20-15-8-10-16(11-9-15)26(24,25)22-12-19-17(21-22)14-6-4-3-5-7-14/h3-13H,1-2H3,(H,20,23). The summed E-state index contributed by atoms with van der Waals surface area (Å²) in [5, 5.41) is 6.79. The first-order chi connectivity index (χ1) is 12.4. The SMILES string of the molecule is CC(C)C(=O)Nc1ccc(S(=O)(=O)n2cnc(-c3ccccc3)n2)cc1. The molecule has 0 unspecified atom stereocenters. The molecule has 1 amide bonds. The van der Waals surface area contributed by atoms with E-state index in [1.54, 1.807) is 38.1 Å². The van der Waals surface area contributed by atoms with Crippen molar-refractivity contribution in [1.29, 1.82) is 0 Å². The first kappa shape index (κ1) is 17.8. The van der Waals surface area contributed by atoms with E-state index in [9.17, 15) is 13.2 Å². The Morgan fingerprint density at radius 2 is 1.69 bits per heavy atom. The van der Waals surface area contributed by atoms with Gasteiger partial charge in [-0.15, -0.1) is 9.19 Å². The number of carbonyl (C=O) groups is 1. The van der Waals surface area contributed by atoms with Crippen LogP contribution in [0.1, 0.15) is 13.8 Å². The Balaban J connectivity index is 1.85. The Morgan fingerprint density at radius 3 is 2.31 bits per heavy atom.